The molecule has 0 spiro atoms. The first-order valence-electron chi connectivity index (χ1n) is 5.59. The van der Waals surface area contributed by atoms with Gasteiger partial charge in [-0.1, -0.05) is 18.2 Å². The third-order valence-electron chi connectivity index (χ3n) is 2.68. The Hall–Kier alpha value is -2.62. The zero-order chi connectivity index (χ0) is 15.6. The molecule has 0 aliphatic carbocycles. The second kappa shape index (κ2) is 5.79. The molecule has 0 heterocycles. The van der Waals surface area contributed by atoms with Crippen molar-refractivity contribution in [1.29, 1.82) is 5.26 Å². The average molecular weight is 299 g/mol. The number of ether oxygens (including phenoxy) is 1. The van der Waals surface area contributed by atoms with Gasteiger partial charge in [0.1, 0.15) is 6.61 Å². The number of benzene rings is 2. The molecule has 0 atom stereocenters. The first-order valence-corrected chi connectivity index (χ1v) is 5.59. The van der Waals surface area contributed by atoms with Gasteiger partial charge in [-0.15, -0.1) is 0 Å². The molecule has 2 aromatic carbocycles. The Kier molecular flexibility index (Phi) is 4.08. The third-order valence-corrected chi connectivity index (χ3v) is 2.68. The molecule has 0 amide bonds. The molecule has 0 saturated carbocycles. The van der Waals surface area contributed by atoms with Crippen molar-refractivity contribution in [3.05, 3.63) is 64.5 Å². The van der Waals surface area contributed by atoms with Crippen LogP contribution in [0.3, 0.4) is 0 Å². The van der Waals surface area contributed by atoms with Crippen LogP contribution in [0.25, 0.3) is 0 Å². The van der Waals surface area contributed by atoms with Crippen molar-refractivity contribution in [3.8, 4) is 11.8 Å². The molecular formula is C14H6F5NO. The predicted octanol–water partition coefficient (Wildman–Crippen LogP) is 3.83. The molecular weight excluding hydrogens is 293 g/mol. The summed E-state index contributed by atoms with van der Waals surface area (Å²) in [5.74, 6) is -11.9. The Morgan fingerprint density at radius 1 is 0.857 bits per heavy atom. The highest BCUT2D eigenvalue weighted by Gasteiger charge is 2.27. The zero-order valence-corrected chi connectivity index (χ0v) is 10.3. The van der Waals surface area contributed by atoms with Crippen LogP contribution in [0.5, 0.6) is 5.75 Å². The van der Waals surface area contributed by atoms with E-state index in [1.165, 1.54) is 18.2 Å². The molecule has 0 saturated heterocycles. The molecule has 0 N–H and O–H groups in total. The van der Waals surface area contributed by atoms with Crippen molar-refractivity contribution < 1.29 is 26.7 Å². The molecule has 21 heavy (non-hydrogen) atoms. The fourth-order valence-corrected chi connectivity index (χ4v) is 1.62. The van der Waals surface area contributed by atoms with Crippen molar-refractivity contribution in [2.75, 3.05) is 0 Å². The van der Waals surface area contributed by atoms with Crippen molar-refractivity contribution in [2.24, 2.45) is 0 Å². The fraction of sp³-hybridized carbons (Fsp3) is 0.0714. The van der Waals surface area contributed by atoms with E-state index in [4.69, 9.17) is 5.26 Å². The standard InChI is InChI=1S/C14H6F5NO/c15-9-10(16)12(18)14(13(19)11(9)17)21-6-8-4-2-1-3-7(8)5-20/h1-4H,6H2. The van der Waals surface area contributed by atoms with Gasteiger partial charge < -0.3 is 4.74 Å². The van der Waals surface area contributed by atoms with E-state index < -0.39 is 41.4 Å². The Bertz CT molecular complexity index is 710. The summed E-state index contributed by atoms with van der Waals surface area (Å²) in [7, 11) is 0. The van der Waals surface area contributed by atoms with Crippen LogP contribution in [-0.4, -0.2) is 0 Å². The summed E-state index contributed by atoms with van der Waals surface area (Å²) in [6.07, 6.45) is 0. The van der Waals surface area contributed by atoms with Crippen LogP contribution >= 0.6 is 0 Å². The maximum atomic E-state index is 13.4. The predicted molar refractivity (Wildman–Crippen MR) is 61.7 cm³/mol. The normalized spacial score (nSPS) is 10.3. The lowest BCUT2D eigenvalue weighted by atomic mass is 10.1. The SMILES string of the molecule is N#Cc1ccccc1COc1c(F)c(F)c(F)c(F)c1F. The lowest BCUT2D eigenvalue weighted by Gasteiger charge is -2.11. The first-order chi connectivity index (χ1) is 9.97. The zero-order valence-electron chi connectivity index (χ0n) is 10.3. The van der Waals surface area contributed by atoms with E-state index in [-0.39, 0.29) is 11.1 Å². The summed E-state index contributed by atoms with van der Waals surface area (Å²) in [5, 5.41) is 8.83. The molecule has 108 valence electrons. The Morgan fingerprint density at radius 2 is 1.38 bits per heavy atom. The minimum absolute atomic E-state index is 0.168. The average Bonchev–Trinajstić information content (AvgIpc) is 2.51. The number of nitriles is 1. The van der Waals surface area contributed by atoms with E-state index in [9.17, 15) is 22.0 Å². The highest BCUT2D eigenvalue weighted by atomic mass is 19.2. The van der Waals surface area contributed by atoms with Crippen LogP contribution < -0.4 is 4.74 Å². The molecule has 7 heteroatoms. The molecule has 0 radical (unpaired) electrons. The molecule has 0 aliphatic heterocycles. The van der Waals surface area contributed by atoms with Gasteiger partial charge in [-0.3, -0.25) is 0 Å². The van der Waals surface area contributed by atoms with Gasteiger partial charge in [0.25, 0.3) is 0 Å². The molecule has 0 bridgehead atoms. The van der Waals surface area contributed by atoms with Gasteiger partial charge >= 0.3 is 0 Å². The van der Waals surface area contributed by atoms with Crippen LogP contribution in [-0.2, 0) is 6.61 Å². The van der Waals surface area contributed by atoms with Crippen molar-refractivity contribution in [2.45, 2.75) is 6.61 Å². The van der Waals surface area contributed by atoms with E-state index in [0.717, 1.165) is 0 Å². The smallest absolute Gasteiger partial charge is 0.207 e. The minimum atomic E-state index is -2.25. The molecule has 2 aromatic rings. The second-order valence-electron chi connectivity index (χ2n) is 3.96. The molecule has 2 rings (SSSR count). The van der Waals surface area contributed by atoms with Gasteiger partial charge in [-0.05, 0) is 6.07 Å². The lowest BCUT2D eigenvalue weighted by Crippen LogP contribution is -2.07. The molecule has 0 unspecified atom stereocenters. The highest BCUT2D eigenvalue weighted by Crippen LogP contribution is 2.29. The minimum Gasteiger partial charge on any atom is -0.483 e. The van der Waals surface area contributed by atoms with E-state index in [0.29, 0.717) is 0 Å². The monoisotopic (exact) mass is 299 g/mol. The number of halogens is 5. The van der Waals surface area contributed by atoms with Crippen molar-refractivity contribution in [1.82, 2.24) is 0 Å². The van der Waals surface area contributed by atoms with Gasteiger partial charge in [-0.25, -0.2) is 13.2 Å². The van der Waals surface area contributed by atoms with Crippen molar-refractivity contribution >= 4 is 0 Å². The number of rotatable bonds is 3. The first kappa shape index (κ1) is 14.8. The van der Waals surface area contributed by atoms with E-state index >= 15 is 0 Å². The summed E-state index contributed by atoms with van der Waals surface area (Å²) in [5.41, 5.74) is 0.422. The maximum Gasteiger partial charge on any atom is 0.207 e. The van der Waals surface area contributed by atoms with Crippen LogP contribution in [0, 0.1) is 40.4 Å². The molecule has 0 aromatic heterocycles. The van der Waals surface area contributed by atoms with Crippen LogP contribution in [0.4, 0.5) is 22.0 Å². The largest absolute Gasteiger partial charge is 0.483 e. The Labute approximate surface area is 116 Å². The van der Waals surface area contributed by atoms with Gasteiger partial charge in [0.15, 0.2) is 5.75 Å². The fourth-order valence-electron chi connectivity index (χ4n) is 1.62. The number of nitrogens with zero attached hydrogens (tertiary/aromatic N) is 1. The van der Waals surface area contributed by atoms with Crippen molar-refractivity contribution in [3.63, 3.8) is 0 Å². The Balaban J connectivity index is 2.36. The second-order valence-corrected chi connectivity index (χ2v) is 3.96. The quantitative estimate of drug-likeness (QED) is 0.490. The van der Waals surface area contributed by atoms with E-state index in [1.54, 1.807) is 6.07 Å². The topological polar surface area (TPSA) is 33.0 Å². The van der Waals surface area contributed by atoms with E-state index in [2.05, 4.69) is 4.74 Å². The van der Waals surface area contributed by atoms with Gasteiger partial charge in [0, 0.05) is 5.56 Å². The summed E-state index contributed by atoms with van der Waals surface area (Å²) < 4.78 is 70.2. The molecule has 0 fully saturated rings. The number of hydrogen-bond acceptors (Lipinski definition) is 2. The Morgan fingerprint density at radius 3 is 1.95 bits per heavy atom. The molecule has 2 nitrogen and oxygen atoms in total. The summed E-state index contributed by atoms with van der Waals surface area (Å²) >= 11 is 0. The summed E-state index contributed by atoms with van der Waals surface area (Å²) in [6.45, 7) is -0.512. The van der Waals surface area contributed by atoms with Gasteiger partial charge in [-0.2, -0.15) is 14.0 Å². The van der Waals surface area contributed by atoms with Crippen LogP contribution in [0.15, 0.2) is 24.3 Å². The van der Waals surface area contributed by atoms with Gasteiger partial charge in [0.05, 0.1) is 11.6 Å². The van der Waals surface area contributed by atoms with E-state index in [1.807, 2.05) is 6.07 Å². The highest BCUT2D eigenvalue weighted by molar-refractivity contribution is 5.37. The van der Waals surface area contributed by atoms with Crippen LogP contribution in [0.2, 0.25) is 0 Å². The molecule has 0 aliphatic rings. The van der Waals surface area contributed by atoms with Gasteiger partial charge in [0.2, 0.25) is 29.1 Å². The number of hydrogen-bond donors (Lipinski definition) is 0. The lowest BCUT2D eigenvalue weighted by molar-refractivity contribution is 0.253. The van der Waals surface area contributed by atoms with Crippen LogP contribution in [0.1, 0.15) is 11.1 Å². The third kappa shape index (κ3) is 2.65. The summed E-state index contributed by atoms with van der Waals surface area (Å²) in [6, 6.07) is 7.78. The summed E-state index contributed by atoms with van der Waals surface area (Å²) in [4.78, 5) is 0. The maximum absolute atomic E-state index is 13.4.